The van der Waals surface area contributed by atoms with Crippen molar-refractivity contribution in [1.82, 2.24) is 0 Å². The molecule has 0 saturated carbocycles. The molecule has 0 heterocycles. The number of allylic oxidation sites excluding steroid dienone is 1. The molecule has 0 fully saturated rings. The normalized spacial score (nSPS) is 8.91. The van der Waals surface area contributed by atoms with Crippen molar-refractivity contribution in [2.24, 2.45) is 0 Å². The topological polar surface area (TPSA) is 102 Å². The average Bonchev–Trinajstić information content (AvgIpc) is 1.89. The zero-order valence-corrected chi connectivity index (χ0v) is 8.01. The molecule has 0 atom stereocenters. The minimum Gasteiger partial charge on any atom is -0.365 e. The first-order valence-corrected chi connectivity index (χ1v) is 2.31. The van der Waals surface area contributed by atoms with E-state index < -0.39 is 6.29 Å². The molecule has 0 aliphatic carbocycles. The van der Waals surface area contributed by atoms with E-state index in [4.69, 9.17) is 20.7 Å². The fourth-order valence-corrected chi connectivity index (χ4v) is 0.172. The Morgan fingerprint density at radius 1 is 1.45 bits per heavy atom. The minimum atomic E-state index is -1.28. The van der Waals surface area contributed by atoms with Crippen LogP contribution in [0.15, 0.2) is 12.2 Å². The van der Waals surface area contributed by atoms with Crippen LogP contribution in [-0.2, 0) is 10.1 Å². The van der Waals surface area contributed by atoms with Crippen LogP contribution in [0.5, 0.6) is 0 Å². The maximum absolute atomic E-state index is 8.02. The average molecular weight is 312 g/mol. The van der Waals surface area contributed by atoms with Gasteiger partial charge in [0, 0.05) is 5.04 Å². The zero-order valence-electron chi connectivity index (χ0n) is 5.74. The minimum absolute atomic E-state index is 0. The van der Waals surface area contributed by atoms with Crippen molar-refractivity contribution in [2.75, 3.05) is 0 Å². The first kappa shape index (κ1) is 17.8. The van der Waals surface area contributed by atoms with Gasteiger partial charge in [-0.15, -0.1) is 0 Å². The maximum Gasteiger partial charge on any atom is 3.00 e. The third-order valence-electron chi connectivity index (χ3n) is 0.402. The first-order valence-electron chi connectivity index (χ1n) is 2.31. The van der Waals surface area contributed by atoms with Gasteiger partial charge in [0.2, 0.25) is 0 Å². The van der Waals surface area contributed by atoms with Gasteiger partial charge in [-0.2, -0.15) is 0 Å². The van der Waals surface area contributed by atoms with Gasteiger partial charge < -0.3 is 10.2 Å². The van der Waals surface area contributed by atoms with Crippen LogP contribution in [0.3, 0.4) is 0 Å². The molecule has 11 heavy (non-hydrogen) atoms. The van der Waals surface area contributed by atoms with Crippen molar-refractivity contribution in [2.45, 2.75) is 13.2 Å². The molecular weight excluding hydrogens is 301 g/mol. The number of aliphatic hydroxyl groups is 2. The van der Waals surface area contributed by atoms with Gasteiger partial charge >= 0.3 is 39.9 Å². The van der Waals surface area contributed by atoms with Gasteiger partial charge in [0.25, 0.3) is 0 Å². The summed E-state index contributed by atoms with van der Waals surface area (Å²) in [5, 5.41) is 34.0. The Bertz CT molecular complexity index is 73.0. The molecule has 0 aliphatic heterocycles. The Kier molecular flexibility index (Phi) is 27.6. The predicted molar refractivity (Wildman–Crippen MR) is 31.5 cm³/mol. The van der Waals surface area contributed by atoms with Gasteiger partial charge in [-0.25, -0.2) is 10.5 Å². The molecule has 1 radical (unpaired) electrons. The van der Waals surface area contributed by atoms with Crippen LogP contribution in [0.25, 0.3) is 0 Å². The summed E-state index contributed by atoms with van der Waals surface area (Å²) < 4.78 is 0. The maximum atomic E-state index is 8.02. The van der Waals surface area contributed by atoms with E-state index in [-0.39, 0.29) is 39.9 Å². The van der Waals surface area contributed by atoms with E-state index in [1.54, 1.807) is 13.0 Å². The molecule has 6 nitrogen and oxygen atoms in total. The van der Waals surface area contributed by atoms with Crippen molar-refractivity contribution in [3.63, 3.8) is 0 Å². The van der Waals surface area contributed by atoms with Crippen molar-refractivity contribution in [3.8, 4) is 0 Å². The monoisotopic (exact) mass is 313 g/mol. The van der Waals surface area contributed by atoms with Crippen LogP contribution in [0.2, 0.25) is 0 Å². The van der Waals surface area contributed by atoms with Crippen molar-refractivity contribution >= 4 is 0 Å². The first-order chi connectivity index (χ1) is 4.68. The summed E-state index contributed by atoms with van der Waals surface area (Å²) in [7, 11) is 0. The molecule has 0 aliphatic rings. The fourth-order valence-electron chi connectivity index (χ4n) is 0.172. The molecule has 0 unspecified atom stereocenters. The van der Waals surface area contributed by atoms with Gasteiger partial charge in [-0.1, -0.05) is 6.08 Å². The SMILES string of the molecule is CC=CC(O)O.OOO[OH2+].[Gd+3]. The molecule has 7 heteroatoms. The van der Waals surface area contributed by atoms with Gasteiger partial charge in [-0.05, 0) is 13.0 Å². The van der Waals surface area contributed by atoms with Crippen molar-refractivity contribution < 1.29 is 70.7 Å². The van der Waals surface area contributed by atoms with E-state index in [0.717, 1.165) is 0 Å². The summed E-state index contributed by atoms with van der Waals surface area (Å²) in [6.07, 6.45) is 1.57. The molecule has 67 valence electrons. The van der Waals surface area contributed by atoms with E-state index in [1.807, 2.05) is 0 Å². The smallest absolute Gasteiger partial charge is 0.365 e. The Balaban J connectivity index is -0.000000114. The van der Waals surface area contributed by atoms with E-state index in [2.05, 4.69) is 10.1 Å². The molecule has 0 rings (SSSR count). The largest absolute Gasteiger partial charge is 3.00 e. The van der Waals surface area contributed by atoms with Gasteiger partial charge in [-0.3, -0.25) is 0 Å². The summed E-state index contributed by atoms with van der Waals surface area (Å²) in [4.78, 5) is 0. The van der Waals surface area contributed by atoms with Crippen LogP contribution in [0, 0.1) is 39.9 Å². The van der Waals surface area contributed by atoms with Crippen LogP contribution >= 0.6 is 0 Å². The number of aliphatic hydroxyl groups excluding tert-OH is 1. The van der Waals surface area contributed by atoms with Crippen LogP contribution in [0.4, 0.5) is 0 Å². The van der Waals surface area contributed by atoms with Crippen LogP contribution in [-0.4, -0.2) is 27.0 Å². The molecule has 0 spiro atoms. The zero-order chi connectivity index (χ0) is 8.41. The second kappa shape index (κ2) is 17.1. The third kappa shape index (κ3) is 36.2. The van der Waals surface area contributed by atoms with Crippen LogP contribution < -0.4 is 0 Å². The standard InChI is InChI=1S/C4H8O2.Gd.H2O4/c1-2-3-4(5)6;;1-3-4-2/h2-6H,1H3;;1-2H/q;+3;/p+1. The van der Waals surface area contributed by atoms with E-state index in [1.165, 1.54) is 6.08 Å². The Morgan fingerprint density at radius 2 is 1.82 bits per heavy atom. The summed E-state index contributed by atoms with van der Waals surface area (Å²) in [6.45, 7) is 1.72. The molecule has 0 aromatic heterocycles. The number of hydrogen-bond acceptors (Lipinski definition) is 5. The van der Waals surface area contributed by atoms with E-state index in [0.29, 0.717) is 0 Å². The molecular formula is C4H11GdO6+4. The summed E-state index contributed by atoms with van der Waals surface area (Å²) in [6, 6.07) is 0. The molecule has 5 N–H and O–H groups in total. The summed E-state index contributed by atoms with van der Waals surface area (Å²) in [5.41, 5.74) is 0. The molecule has 0 aromatic carbocycles. The molecule has 0 aromatic rings. The summed E-state index contributed by atoms with van der Waals surface area (Å²) >= 11 is 0. The Morgan fingerprint density at radius 3 is 1.82 bits per heavy atom. The van der Waals surface area contributed by atoms with E-state index in [9.17, 15) is 0 Å². The van der Waals surface area contributed by atoms with Crippen molar-refractivity contribution in [1.29, 1.82) is 0 Å². The van der Waals surface area contributed by atoms with Gasteiger partial charge in [0.15, 0.2) is 6.29 Å². The predicted octanol–water partition coefficient (Wildman–Crippen LogP) is -1.08. The molecule has 0 amide bonds. The second-order valence-electron chi connectivity index (χ2n) is 1.10. The van der Waals surface area contributed by atoms with Gasteiger partial charge in [0.1, 0.15) is 5.04 Å². The summed E-state index contributed by atoms with van der Waals surface area (Å²) in [5.74, 6) is 0. The third-order valence-corrected chi connectivity index (χ3v) is 0.402. The Labute approximate surface area is 95.5 Å². The quantitative estimate of drug-likeness (QED) is 0.198. The number of hydrogen-bond donors (Lipinski definition) is 3. The molecule has 0 bridgehead atoms. The van der Waals surface area contributed by atoms with E-state index >= 15 is 0 Å². The van der Waals surface area contributed by atoms with Gasteiger partial charge in [0.05, 0.1) is 0 Å². The Hall–Kier alpha value is 0.825. The van der Waals surface area contributed by atoms with Crippen molar-refractivity contribution in [3.05, 3.63) is 12.2 Å². The van der Waals surface area contributed by atoms with Crippen LogP contribution in [0.1, 0.15) is 6.92 Å². The number of rotatable bonds is 2. The fraction of sp³-hybridized carbons (Fsp3) is 0.500. The second-order valence-corrected chi connectivity index (χ2v) is 1.10. The molecule has 0 saturated heterocycles.